The third-order valence-electron chi connectivity index (χ3n) is 2.96. The van der Waals surface area contributed by atoms with Gasteiger partial charge in [0.05, 0.1) is 5.56 Å². The lowest BCUT2D eigenvalue weighted by atomic mass is 10.1. The largest absolute Gasteiger partial charge is 0.338 e. The van der Waals surface area contributed by atoms with Gasteiger partial charge >= 0.3 is 0 Å². The van der Waals surface area contributed by atoms with Crippen molar-refractivity contribution in [3.05, 3.63) is 24.3 Å². The van der Waals surface area contributed by atoms with Gasteiger partial charge in [0.2, 0.25) is 0 Å². The number of rotatable bonds is 3. The summed E-state index contributed by atoms with van der Waals surface area (Å²) >= 11 is 0. The third kappa shape index (κ3) is 2.36. The van der Waals surface area contributed by atoms with Gasteiger partial charge in [0.25, 0.3) is 5.91 Å². The standard InChI is InChI=1S/C11H16N4O/c12-3-1-9-2-4-15(7-9)11(16)10-5-13-8-14-6-10/h5-6,8-9H,1-4,7,12H2. The van der Waals surface area contributed by atoms with Crippen LogP contribution in [0.2, 0.25) is 0 Å². The van der Waals surface area contributed by atoms with Gasteiger partial charge in [0.15, 0.2) is 0 Å². The minimum absolute atomic E-state index is 0.0279. The maximum absolute atomic E-state index is 12.0. The fourth-order valence-electron chi connectivity index (χ4n) is 2.08. The van der Waals surface area contributed by atoms with E-state index in [0.29, 0.717) is 18.0 Å². The van der Waals surface area contributed by atoms with E-state index in [9.17, 15) is 4.79 Å². The number of aromatic nitrogens is 2. The molecule has 2 heterocycles. The van der Waals surface area contributed by atoms with Gasteiger partial charge in [-0.3, -0.25) is 4.79 Å². The summed E-state index contributed by atoms with van der Waals surface area (Å²) in [4.78, 5) is 21.6. The van der Waals surface area contributed by atoms with E-state index in [1.54, 1.807) is 12.4 Å². The van der Waals surface area contributed by atoms with Crippen LogP contribution in [0.4, 0.5) is 0 Å². The van der Waals surface area contributed by atoms with Gasteiger partial charge in [0.1, 0.15) is 6.33 Å². The molecule has 1 aromatic rings. The number of carbonyl (C=O) groups is 1. The van der Waals surface area contributed by atoms with Crippen molar-refractivity contribution < 1.29 is 4.79 Å². The van der Waals surface area contributed by atoms with Crippen molar-refractivity contribution in [2.75, 3.05) is 19.6 Å². The predicted molar refractivity (Wildman–Crippen MR) is 59.7 cm³/mol. The highest BCUT2D eigenvalue weighted by Crippen LogP contribution is 2.20. The second kappa shape index (κ2) is 5.03. The molecule has 0 saturated carbocycles. The van der Waals surface area contributed by atoms with Crippen molar-refractivity contribution in [2.24, 2.45) is 11.7 Å². The van der Waals surface area contributed by atoms with Crippen LogP contribution in [0.15, 0.2) is 18.7 Å². The zero-order valence-corrected chi connectivity index (χ0v) is 9.17. The van der Waals surface area contributed by atoms with Crippen molar-refractivity contribution in [3.63, 3.8) is 0 Å². The number of carbonyl (C=O) groups excluding carboxylic acids is 1. The van der Waals surface area contributed by atoms with Gasteiger partial charge < -0.3 is 10.6 Å². The fraction of sp³-hybridized carbons (Fsp3) is 0.545. The smallest absolute Gasteiger partial charge is 0.256 e. The van der Waals surface area contributed by atoms with E-state index in [0.717, 1.165) is 25.9 Å². The molecule has 0 aliphatic carbocycles. The maximum atomic E-state index is 12.0. The monoisotopic (exact) mass is 220 g/mol. The van der Waals surface area contributed by atoms with Crippen LogP contribution in [-0.4, -0.2) is 40.4 Å². The van der Waals surface area contributed by atoms with E-state index >= 15 is 0 Å². The molecule has 1 saturated heterocycles. The van der Waals surface area contributed by atoms with Crippen LogP contribution in [0.25, 0.3) is 0 Å². The lowest BCUT2D eigenvalue weighted by Gasteiger charge is -2.15. The molecule has 1 atom stereocenters. The Labute approximate surface area is 94.7 Å². The third-order valence-corrected chi connectivity index (χ3v) is 2.96. The summed E-state index contributed by atoms with van der Waals surface area (Å²) in [7, 11) is 0. The van der Waals surface area contributed by atoms with Crippen LogP contribution >= 0.6 is 0 Å². The van der Waals surface area contributed by atoms with Gasteiger partial charge in [-0.15, -0.1) is 0 Å². The molecule has 2 rings (SSSR count). The molecule has 16 heavy (non-hydrogen) atoms. The second-order valence-electron chi connectivity index (χ2n) is 4.11. The van der Waals surface area contributed by atoms with Gasteiger partial charge in [-0.1, -0.05) is 0 Å². The molecular formula is C11H16N4O. The number of likely N-dealkylation sites (tertiary alicyclic amines) is 1. The molecule has 5 heteroatoms. The lowest BCUT2D eigenvalue weighted by Crippen LogP contribution is -2.29. The Bertz CT molecular complexity index is 354. The molecule has 1 aliphatic rings. The lowest BCUT2D eigenvalue weighted by molar-refractivity contribution is 0.0786. The number of hydrogen-bond donors (Lipinski definition) is 1. The normalized spacial score (nSPS) is 20.1. The molecule has 5 nitrogen and oxygen atoms in total. The number of nitrogens with zero attached hydrogens (tertiary/aromatic N) is 3. The Hall–Kier alpha value is -1.49. The topological polar surface area (TPSA) is 72.1 Å². The second-order valence-corrected chi connectivity index (χ2v) is 4.11. The van der Waals surface area contributed by atoms with Gasteiger partial charge in [-0.25, -0.2) is 9.97 Å². The Kier molecular flexibility index (Phi) is 3.46. The first-order valence-corrected chi connectivity index (χ1v) is 5.55. The number of amides is 1. The Morgan fingerprint density at radius 1 is 1.50 bits per heavy atom. The predicted octanol–water partition coefficient (Wildman–Crippen LogP) is 0.287. The van der Waals surface area contributed by atoms with Crippen LogP contribution < -0.4 is 5.73 Å². The average molecular weight is 220 g/mol. The summed E-state index contributed by atoms with van der Waals surface area (Å²) in [5, 5.41) is 0. The molecule has 2 N–H and O–H groups in total. The van der Waals surface area contributed by atoms with E-state index < -0.39 is 0 Å². The average Bonchev–Trinajstić information content (AvgIpc) is 2.78. The summed E-state index contributed by atoms with van der Waals surface area (Å²) in [5.74, 6) is 0.582. The van der Waals surface area contributed by atoms with Crippen LogP contribution in [0.5, 0.6) is 0 Å². The minimum Gasteiger partial charge on any atom is -0.338 e. The highest BCUT2D eigenvalue weighted by Gasteiger charge is 2.26. The van der Waals surface area contributed by atoms with Crippen molar-refractivity contribution in [1.82, 2.24) is 14.9 Å². The molecule has 0 bridgehead atoms. The van der Waals surface area contributed by atoms with Gasteiger partial charge in [-0.2, -0.15) is 0 Å². The van der Waals surface area contributed by atoms with E-state index in [1.165, 1.54) is 6.33 Å². The quantitative estimate of drug-likeness (QED) is 0.794. The van der Waals surface area contributed by atoms with Crippen molar-refractivity contribution >= 4 is 5.91 Å². The first-order chi connectivity index (χ1) is 7.81. The zero-order chi connectivity index (χ0) is 11.4. The van der Waals surface area contributed by atoms with Crippen LogP contribution in [0, 0.1) is 5.92 Å². The SMILES string of the molecule is NCCC1CCN(C(=O)c2cncnc2)C1. The van der Waals surface area contributed by atoms with Crippen molar-refractivity contribution in [3.8, 4) is 0 Å². The molecule has 1 aliphatic heterocycles. The minimum atomic E-state index is 0.0279. The first kappa shape index (κ1) is 11.0. The molecular weight excluding hydrogens is 204 g/mol. The molecule has 0 aromatic carbocycles. The van der Waals surface area contributed by atoms with E-state index in [-0.39, 0.29) is 5.91 Å². The van der Waals surface area contributed by atoms with E-state index in [4.69, 9.17) is 5.73 Å². The number of nitrogens with two attached hydrogens (primary N) is 1. The van der Waals surface area contributed by atoms with E-state index in [1.807, 2.05) is 4.90 Å². The van der Waals surface area contributed by atoms with Crippen LogP contribution in [-0.2, 0) is 0 Å². The highest BCUT2D eigenvalue weighted by atomic mass is 16.2. The van der Waals surface area contributed by atoms with Crippen LogP contribution in [0.1, 0.15) is 23.2 Å². The summed E-state index contributed by atoms with van der Waals surface area (Å²) in [6, 6.07) is 0. The maximum Gasteiger partial charge on any atom is 0.256 e. The van der Waals surface area contributed by atoms with Crippen molar-refractivity contribution in [1.29, 1.82) is 0 Å². The molecule has 1 unspecified atom stereocenters. The molecule has 86 valence electrons. The molecule has 1 amide bonds. The van der Waals surface area contributed by atoms with E-state index in [2.05, 4.69) is 9.97 Å². The fourth-order valence-corrected chi connectivity index (χ4v) is 2.08. The number of hydrogen-bond acceptors (Lipinski definition) is 4. The Morgan fingerprint density at radius 3 is 2.94 bits per heavy atom. The Balaban J connectivity index is 1.97. The van der Waals surface area contributed by atoms with Gasteiger partial charge in [-0.05, 0) is 25.3 Å². The Morgan fingerprint density at radius 2 is 2.25 bits per heavy atom. The summed E-state index contributed by atoms with van der Waals surface area (Å²) < 4.78 is 0. The molecule has 1 fully saturated rings. The summed E-state index contributed by atoms with van der Waals surface area (Å²) in [6.07, 6.45) is 6.60. The zero-order valence-electron chi connectivity index (χ0n) is 9.17. The molecule has 1 aromatic heterocycles. The molecule has 0 radical (unpaired) electrons. The van der Waals surface area contributed by atoms with Crippen LogP contribution in [0.3, 0.4) is 0 Å². The molecule has 0 spiro atoms. The van der Waals surface area contributed by atoms with Crippen molar-refractivity contribution in [2.45, 2.75) is 12.8 Å². The summed E-state index contributed by atoms with van der Waals surface area (Å²) in [5.41, 5.74) is 6.08. The summed E-state index contributed by atoms with van der Waals surface area (Å²) in [6.45, 7) is 2.32. The highest BCUT2D eigenvalue weighted by molar-refractivity contribution is 5.93. The van der Waals surface area contributed by atoms with Gasteiger partial charge in [0, 0.05) is 25.5 Å². The first-order valence-electron chi connectivity index (χ1n) is 5.55.